The molecule has 1 amide bonds. The predicted octanol–water partition coefficient (Wildman–Crippen LogP) is 1.80. The number of hydrogen-bond acceptors (Lipinski definition) is 5. The van der Waals surface area contributed by atoms with Gasteiger partial charge in [0.05, 0.1) is 10.9 Å². The van der Waals surface area contributed by atoms with Gasteiger partial charge in [-0.15, -0.1) is 24.8 Å². The van der Waals surface area contributed by atoms with Crippen LogP contribution in [0.15, 0.2) is 15.7 Å². The molecule has 28 heavy (non-hydrogen) atoms. The van der Waals surface area contributed by atoms with E-state index in [-0.39, 0.29) is 53.2 Å². The Morgan fingerprint density at radius 2 is 1.93 bits per heavy atom. The van der Waals surface area contributed by atoms with Gasteiger partial charge in [0.25, 0.3) is 11.5 Å². The number of carbonyl (C=O) groups excluding carboxylic acids is 1. The van der Waals surface area contributed by atoms with Crippen molar-refractivity contribution in [2.24, 2.45) is 0 Å². The van der Waals surface area contributed by atoms with Gasteiger partial charge in [0.2, 0.25) is 0 Å². The van der Waals surface area contributed by atoms with Gasteiger partial charge in [0.1, 0.15) is 0 Å². The third-order valence-corrected chi connectivity index (χ3v) is 4.14. The Kier molecular flexibility index (Phi) is 11.0. The molecule has 0 bridgehead atoms. The second kappa shape index (κ2) is 11.8. The van der Waals surface area contributed by atoms with Crippen molar-refractivity contribution in [1.82, 2.24) is 25.2 Å². The van der Waals surface area contributed by atoms with E-state index >= 15 is 0 Å². The molecule has 0 fully saturated rings. The number of aryl methyl sites for hydroxylation is 1. The fourth-order valence-electron chi connectivity index (χ4n) is 2.76. The van der Waals surface area contributed by atoms with Gasteiger partial charge in [-0.05, 0) is 38.4 Å². The second-order valence-corrected chi connectivity index (χ2v) is 6.57. The van der Waals surface area contributed by atoms with Crippen molar-refractivity contribution in [2.45, 2.75) is 46.1 Å². The SMILES string of the molecule is CCCn1c(=O)[nH]c(=O)c2c(C(=O)NCCCNC)cc(C(C)C)nc21.Cl.Cl. The third kappa shape index (κ3) is 5.80. The van der Waals surface area contributed by atoms with Crippen molar-refractivity contribution in [2.75, 3.05) is 20.1 Å². The van der Waals surface area contributed by atoms with E-state index in [1.54, 1.807) is 6.07 Å². The average Bonchev–Trinajstić information content (AvgIpc) is 2.60. The van der Waals surface area contributed by atoms with Crippen LogP contribution in [0, 0.1) is 0 Å². The molecule has 3 N–H and O–H groups in total. The van der Waals surface area contributed by atoms with E-state index < -0.39 is 11.2 Å². The first kappa shape index (κ1) is 26.1. The lowest BCUT2D eigenvalue weighted by Crippen LogP contribution is -2.34. The summed E-state index contributed by atoms with van der Waals surface area (Å²) in [7, 11) is 1.85. The maximum atomic E-state index is 12.7. The standard InChI is InChI=1S/C18H27N5O3.2ClH/c1-5-9-23-15-14(17(25)22-18(23)26)12(10-13(21-15)11(2)3)16(24)20-8-6-7-19-4;;/h10-11,19H,5-9H2,1-4H3,(H,20,24)(H,22,25,26);2*1H. The lowest BCUT2D eigenvalue weighted by atomic mass is 10.0. The molecule has 2 rings (SSSR count). The number of carbonyl (C=O) groups is 1. The quantitative estimate of drug-likeness (QED) is 0.549. The smallest absolute Gasteiger partial charge is 0.329 e. The zero-order valence-corrected chi connectivity index (χ0v) is 18.3. The van der Waals surface area contributed by atoms with E-state index in [0.29, 0.717) is 25.2 Å². The summed E-state index contributed by atoms with van der Waals surface area (Å²) in [6.07, 6.45) is 1.49. The molecule has 0 saturated carbocycles. The third-order valence-electron chi connectivity index (χ3n) is 4.14. The van der Waals surface area contributed by atoms with Crippen molar-refractivity contribution in [3.8, 4) is 0 Å². The number of nitrogens with zero attached hydrogens (tertiary/aromatic N) is 2. The number of rotatable bonds is 8. The molecule has 0 unspecified atom stereocenters. The van der Waals surface area contributed by atoms with Crippen molar-refractivity contribution in [3.05, 3.63) is 38.2 Å². The lowest BCUT2D eigenvalue weighted by Gasteiger charge is -2.14. The van der Waals surface area contributed by atoms with E-state index in [2.05, 4.69) is 20.6 Å². The van der Waals surface area contributed by atoms with Crippen molar-refractivity contribution >= 4 is 41.8 Å². The highest BCUT2D eigenvalue weighted by Crippen LogP contribution is 2.19. The Morgan fingerprint density at radius 3 is 2.50 bits per heavy atom. The Balaban J connectivity index is 0.00000364. The molecule has 10 heteroatoms. The van der Waals surface area contributed by atoms with Crippen LogP contribution < -0.4 is 21.9 Å². The van der Waals surface area contributed by atoms with Gasteiger partial charge in [0.15, 0.2) is 5.65 Å². The molecule has 158 valence electrons. The molecule has 0 spiro atoms. The molecule has 0 aliphatic rings. The maximum Gasteiger partial charge on any atom is 0.329 e. The first-order valence-corrected chi connectivity index (χ1v) is 9.01. The summed E-state index contributed by atoms with van der Waals surface area (Å²) in [5, 5.41) is 6.02. The van der Waals surface area contributed by atoms with Crippen LogP contribution in [0.2, 0.25) is 0 Å². The number of amides is 1. The van der Waals surface area contributed by atoms with Crippen LogP contribution in [0.1, 0.15) is 55.6 Å². The number of nitrogens with one attached hydrogen (secondary N) is 3. The largest absolute Gasteiger partial charge is 0.352 e. The number of pyridine rings is 1. The topological polar surface area (TPSA) is 109 Å². The predicted molar refractivity (Wildman–Crippen MR) is 116 cm³/mol. The molecule has 8 nitrogen and oxygen atoms in total. The van der Waals surface area contributed by atoms with Gasteiger partial charge in [-0.25, -0.2) is 9.78 Å². The molecule has 0 aliphatic heterocycles. The summed E-state index contributed by atoms with van der Waals surface area (Å²) in [5.41, 5.74) is 0.118. The summed E-state index contributed by atoms with van der Waals surface area (Å²) < 4.78 is 1.43. The van der Waals surface area contributed by atoms with Gasteiger partial charge in [-0.2, -0.15) is 0 Å². The van der Waals surface area contributed by atoms with Crippen LogP contribution in [0.5, 0.6) is 0 Å². The van der Waals surface area contributed by atoms with E-state index in [0.717, 1.165) is 13.0 Å². The molecule has 0 aliphatic carbocycles. The molecule has 2 aromatic heterocycles. The van der Waals surface area contributed by atoms with Gasteiger partial charge >= 0.3 is 5.69 Å². The van der Waals surface area contributed by atoms with Crippen LogP contribution in [0.4, 0.5) is 0 Å². The first-order valence-electron chi connectivity index (χ1n) is 9.01. The van der Waals surface area contributed by atoms with Crippen LogP contribution in [-0.4, -0.2) is 40.6 Å². The number of halogens is 2. The summed E-state index contributed by atoms with van der Waals surface area (Å²) in [5.74, 6) is -0.276. The minimum atomic E-state index is -0.583. The number of aromatic nitrogens is 3. The number of H-pyrrole nitrogens is 1. The van der Waals surface area contributed by atoms with E-state index in [1.165, 1.54) is 4.57 Å². The molecule has 2 heterocycles. The highest BCUT2D eigenvalue weighted by Gasteiger charge is 2.20. The fourth-order valence-corrected chi connectivity index (χ4v) is 2.76. The number of hydrogen-bond donors (Lipinski definition) is 3. The van der Waals surface area contributed by atoms with Crippen molar-refractivity contribution < 1.29 is 4.79 Å². The highest BCUT2D eigenvalue weighted by molar-refractivity contribution is 6.05. The monoisotopic (exact) mass is 433 g/mol. The first-order chi connectivity index (χ1) is 12.4. The molecule has 2 aromatic rings. The normalized spacial score (nSPS) is 10.5. The van der Waals surface area contributed by atoms with E-state index in [9.17, 15) is 14.4 Å². The highest BCUT2D eigenvalue weighted by atomic mass is 35.5. The van der Waals surface area contributed by atoms with Crippen LogP contribution in [0.25, 0.3) is 11.0 Å². The molecular formula is C18H29Cl2N5O3. The molecule has 0 saturated heterocycles. The van der Waals surface area contributed by atoms with Crippen LogP contribution >= 0.6 is 24.8 Å². The van der Waals surface area contributed by atoms with Crippen LogP contribution in [0.3, 0.4) is 0 Å². The average molecular weight is 434 g/mol. The van der Waals surface area contributed by atoms with E-state index in [1.807, 2.05) is 27.8 Å². The van der Waals surface area contributed by atoms with Gasteiger partial charge in [0, 0.05) is 18.8 Å². The van der Waals surface area contributed by atoms with Crippen LogP contribution in [-0.2, 0) is 6.54 Å². The van der Waals surface area contributed by atoms with Gasteiger partial charge < -0.3 is 10.6 Å². The summed E-state index contributed by atoms with van der Waals surface area (Å²) >= 11 is 0. The minimum Gasteiger partial charge on any atom is -0.352 e. The Hall–Kier alpha value is -1.90. The van der Waals surface area contributed by atoms with Gasteiger partial charge in [-0.1, -0.05) is 20.8 Å². The maximum absolute atomic E-state index is 12.7. The summed E-state index contributed by atoms with van der Waals surface area (Å²) in [6, 6.07) is 1.65. The van der Waals surface area contributed by atoms with E-state index in [4.69, 9.17) is 0 Å². The minimum absolute atomic E-state index is 0. The molecule has 0 atom stereocenters. The second-order valence-electron chi connectivity index (χ2n) is 6.57. The Morgan fingerprint density at radius 1 is 1.25 bits per heavy atom. The summed E-state index contributed by atoms with van der Waals surface area (Å²) in [6.45, 7) is 7.55. The Labute approximate surface area is 176 Å². The zero-order valence-electron chi connectivity index (χ0n) is 16.6. The molecular weight excluding hydrogens is 405 g/mol. The van der Waals surface area contributed by atoms with Crippen molar-refractivity contribution in [3.63, 3.8) is 0 Å². The molecule has 0 radical (unpaired) electrons. The van der Waals surface area contributed by atoms with Gasteiger partial charge in [-0.3, -0.25) is 19.1 Å². The Bertz CT molecular complexity index is 908. The molecule has 0 aromatic carbocycles. The van der Waals surface area contributed by atoms with Crippen molar-refractivity contribution in [1.29, 1.82) is 0 Å². The number of fused-ring (bicyclic) bond motifs is 1. The zero-order chi connectivity index (χ0) is 19.3. The fraction of sp³-hybridized carbons (Fsp3) is 0.556. The summed E-state index contributed by atoms with van der Waals surface area (Å²) in [4.78, 5) is 44.2. The lowest BCUT2D eigenvalue weighted by molar-refractivity contribution is 0.0954. The number of aromatic amines is 1.